The number of likely N-dealkylation sites (tertiary alicyclic amines) is 1. The number of phenols is 1. The van der Waals surface area contributed by atoms with E-state index in [2.05, 4.69) is 32.5 Å². The Morgan fingerprint density at radius 1 is 1.04 bits per heavy atom. The molecule has 24 heavy (non-hydrogen) atoms. The number of rotatable bonds is 3. The Morgan fingerprint density at radius 3 is 2.50 bits per heavy atom. The molecule has 0 spiro atoms. The van der Waals surface area contributed by atoms with Gasteiger partial charge in [0.1, 0.15) is 5.75 Å². The van der Waals surface area contributed by atoms with Gasteiger partial charge in [0.2, 0.25) is 5.89 Å². The molecule has 8 nitrogen and oxygen atoms in total. The predicted molar refractivity (Wildman–Crippen MR) is 86.2 cm³/mol. The van der Waals surface area contributed by atoms with Gasteiger partial charge in [0.25, 0.3) is 5.89 Å². The third-order valence-corrected chi connectivity index (χ3v) is 4.33. The van der Waals surface area contributed by atoms with Crippen LogP contribution in [-0.2, 0) is 0 Å². The highest BCUT2D eigenvalue weighted by Crippen LogP contribution is 2.26. The molecule has 0 aliphatic carbocycles. The molecular weight excluding hydrogens is 308 g/mol. The van der Waals surface area contributed by atoms with Crippen molar-refractivity contribution in [3.8, 4) is 28.8 Å². The molecule has 1 aliphatic heterocycles. The Labute approximate surface area is 138 Å². The number of aromatic hydroxyl groups is 1. The molecule has 0 bridgehead atoms. The van der Waals surface area contributed by atoms with Gasteiger partial charge in [0.15, 0.2) is 5.69 Å². The second-order valence-corrected chi connectivity index (χ2v) is 6.08. The molecular formula is C16H18N6O2. The van der Waals surface area contributed by atoms with Gasteiger partial charge in [-0.3, -0.25) is 0 Å². The number of aromatic nitrogens is 5. The molecule has 0 amide bonds. The lowest BCUT2D eigenvalue weighted by atomic mass is 10.1. The summed E-state index contributed by atoms with van der Waals surface area (Å²) in [7, 11) is 2.13. The van der Waals surface area contributed by atoms with Crippen molar-refractivity contribution >= 4 is 0 Å². The van der Waals surface area contributed by atoms with Crippen LogP contribution in [0.15, 0.2) is 34.9 Å². The fourth-order valence-electron chi connectivity index (χ4n) is 2.86. The van der Waals surface area contributed by atoms with E-state index in [1.807, 2.05) is 10.9 Å². The minimum Gasteiger partial charge on any atom is -0.508 e. The van der Waals surface area contributed by atoms with Crippen LogP contribution in [0.2, 0.25) is 0 Å². The second-order valence-electron chi connectivity index (χ2n) is 6.08. The van der Waals surface area contributed by atoms with Gasteiger partial charge in [0, 0.05) is 5.56 Å². The van der Waals surface area contributed by atoms with E-state index in [-0.39, 0.29) is 5.75 Å². The lowest BCUT2D eigenvalue weighted by molar-refractivity contribution is 0.210. The number of piperidine rings is 1. The van der Waals surface area contributed by atoms with Gasteiger partial charge in [-0.1, -0.05) is 5.21 Å². The molecule has 1 saturated heterocycles. The highest BCUT2D eigenvalue weighted by atomic mass is 16.4. The van der Waals surface area contributed by atoms with Crippen LogP contribution in [0.5, 0.6) is 5.75 Å². The zero-order valence-corrected chi connectivity index (χ0v) is 13.3. The Morgan fingerprint density at radius 2 is 1.75 bits per heavy atom. The Hall–Kier alpha value is -2.74. The summed E-state index contributed by atoms with van der Waals surface area (Å²) < 4.78 is 7.58. The van der Waals surface area contributed by atoms with Crippen LogP contribution in [0.25, 0.3) is 23.0 Å². The summed E-state index contributed by atoms with van der Waals surface area (Å²) in [4.78, 5) is 2.32. The molecule has 3 heterocycles. The summed E-state index contributed by atoms with van der Waals surface area (Å²) >= 11 is 0. The largest absolute Gasteiger partial charge is 0.508 e. The highest BCUT2D eigenvalue weighted by Gasteiger charge is 2.21. The maximum absolute atomic E-state index is 9.34. The standard InChI is InChI=1S/C16H18N6O2/c1-21-8-6-12(7-9-21)22-10-14(17-20-22)16-19-18-15(24-16)11-2-4-13(23)5-3-11/h2-5,10,12,23H,6-9H2,1H3. The zero-order chi connectivity index (χ0) is 16.5. The first kappa shape index (κ1) is 14.8. The van der Waals surface area contributed by atoms with Gasteiger partial charge in [-0.05, 0) is 57.2 Å². The summed E-state index contributed by atoms with van der Waals surface area (Å²) in [6.07, 6.45) is 3.98. The van der Waals surface area contributed by atoms with Gasteiger partial charge < -0.3 is 14.4 Å². The topological polar surface area (TPSA) is 93.1 Å². The van der Waals surface area contributed by atoms with E-state index in [0.717, 1.165) is 31.5 Å². The van der Waals surface area contributed by atoms with Crippen molar-refractivity contribution in [3.63, 3.8) is 0 Å². The molecule has 0 unspecified atom stereocenters. The average Bonchev–Trinajstić information content (AvgIpc) is 3.25. The van der Waals surface area contributed by atoms with Gasteiger partial charge in [-0.2, -0.15) is 0 Å². The third-order valence-electron chi connectivity index (χ3n) is 4.33. The minimum absolute atomic E-state index is 0.194. The molecule has 2 aromatic heterocycles. The molecule has 1 aromatic carbocycles. The maximum atomic E-state index is 9.34. The van der Waals surface area contributed by atoms with Crippen LogP contribution in [0.1, 0.15) is 18.9 Å². The first-order chi connectivity index (χ1) is 11.7. The summed E-state index contributed by atoms with van der Waals surface area (Å²) in [5.74, 6) is 0.927. The average molecular weight is 326 g/mol. The van der Waals surface area contributed by atoms with Crippen molar-refractivity contribution in [2.75, 3.05) is 20.1 Å². The number of hydrogen-bond donors (Lipinski definition) is 1. The van der Waals surface area contributed by atoms with E-state index >= 15 is 0 Å². The molecule has 0 radical (unpaired) electrons. The molecule has 0 atom stereocenters. The van der Waals surface area contributed by atoms with Gasteiger partial charge in [-0.15, -0.1) is 15.3 Å². The van der Waals surface area contributed by atoms with Crippen LogP contribution < -0.4 is 0 Å². The summed E-state index contributed by atoms with van der Waals surface area (Å²) in [5.41, 5.74) is 1.32. The van der Waals surface area contributed by atoms with E-state index in [1.165, 1.54) is 0 Å². The van der Waals surface area contributed by atoms with Crippen molar-refractivity contribution in [1.29, 1.82) is 0 Å². The zero-order valence-electron chi connectivity index (χ0n) is 13.3. The van der Waals surface area contributed by atoms with E-state index in [0.29, 0.717) is 23.5 Å². The molecule has 1 aliphatic rings. The number of benzene rings is 1. The summed E-state index contributed by atoms with van der Waals surface area (Å²) in [6.45, 7) is 2.12. The van der Waals surface area contributed by atoms with Crippen LogP contribution in [0.3, 0.4) is 0 Å². The quantitative estimate of drug-likeness (QED) is 0.786. The molecule has 8 heteroatoms. The molecule has 4 rings (SSSR count). The Bertz CT molecular complexity index is 817. The van der Waals surface area contributed by atoms with Crippen LogP contribution in [0.4, 0.5) is 0 Å². The fraction of sp³-hybridized carbons (Fsp3) is 0.375. The molecule has 3 aromatic rings. The number of nitrogens with zero attached hydrogens (tertiary/aromatic N) is 6. The fourth-order valence-corrected chi connectivity index (χ4v) is 2.86. The SMILES string of the molecule is CN1CCC(n2cc(-c3nnc(-c4ccc(O)cc4)o3)nn2)CC1. The maximum Gasteiger partial charge on any atom is 0.270 e. The lowest BCUT2D eigenvalue weighted by Crippen LogP contribution is -2.31. The van der Waals surface area contributed by atoms with E-state index < -0.39 is 0 Å². The summed E-state index contributed by atoms with van der Waals surface area (Å²) in [5, 5.41) is 25.8. The van der Waals surface area contributed by atoms with Crippen LogP contribution in [-0.4, -0.2) is 55.3 Å². The van der Waals surface area contributed by atoms with E-state index in [1.54, 1.807) is 24.3 Å². The van der Waals surface area contributed by atoms with Gasteiger partial charge >= 0.3 is 0 Å². The highest BCUT2D eigenvalue weighted by molar-refractivity contribution is 5.56. The molecule has 1 fully saturated rings. The van der Waals surface area contributed by atoms with Crippen LogP contribution in [0, 0.1) is 0 Å². The van der Waals surface area contributed by atoms with Crippen LogP contribution >= 0.6 is 0 Å². The molecule has 124 valence electrons. The van der Waals surface area contributed by atoms with Crippen molar-refractivity contribution in [3.05, 3.63) is 30.5 Å². The summed E-state index contributed by atoms with van der Waals surface area (Å²) in [6, 6.07) is 6.97. The van der Waals surface area contributed by atoms with Crippen molar-refractivity contribution in [2.24, 2.45) is 0 Å². The first-order valence-corrected chi connectivity index (χ1v) is 7.93. The van der Waals surface area contributed by atoms with Crippen molar-refractivity contribution in [2.45, 2.75) is 18.9 Å². The van der Waals surface area contributed by atoms with Gasteiger partial charge in [-0.25, -0.2) is 4.68 Å². The van der Waals surface area contributed by atoms with Crippen molar-refractivity contribution < 1.29 is 9.52 Å². The van der Waals surface area contributed by atoms with E-state index in [9.17, 15) is 5.11 Å². The van der Waals surface area contributed by atoms with Crippen molar-refractivity contribution in [1.82, 2.24) is 30.1 Å². The van der Waals surface area contributed by atoms with E-state index in [4.69, 9.17) is 4.42 Å². The Kier molecular flexibility index (Phi) is 3.73. The number of phenolic OH excluding ortho intramolecular Hbond substituents is 1. The monoisotopic (exact) mass is 326 g/mol. The number of hydrogen-bond acceptors (Lipinski definition) is 7. The minimum atomic E-state index is 0.194. The smallest absolute Gasteiger partial charge is 0.270 e. The lowest BCUT2D eigenvalue weighted by Gasteiger charge is -2.28. The molecule has 0 saturated carbocycles. The second kappa shape index (κ2) is 6.04. The van der Waals surface area contributed by atoms with Gasteiger partial charge in [0.05, 0.1) is 12.2 Å². The third kappa shape index (κ3) is 2.88. The Balaban J connectivity index is 1.54. The first-order valence-electron chi connectivity index (χ1n) is 7.93. The normalized spacial score (nSPS) is 16.5. The molecule has 1 N–H and O–H groups in total. The predicted octanol–water partition coefficient (Wildman–Crippen LogP) is 1.97.